The van der Waals surface area contributed by atoms with Crippen LogP contribution in [0, 0.1) is 0 Å². The standard InChI is InChI=1S/C25H24N2O4/c28-24(26-15-14-19-16-27-22-9-5-4-8-21(19)22)17-30-25(29)13-11-20-10-12-23(31-20)18-6-2-1-3-7-18/h1-10,12,16,27H,11,13-15,17H2,(H,26,28). The van der Waals surface area contributed by atoms with Crippen molar-refractivity contribution in [2.75, 3.05) is 13.2 Å². The number of ether oxygens (including phenoxy) is 1. The summed E-state index contributed by atoms with van der Waals surface area (Å²) in [4.78, 5) is 27.1. The van der Waals surface area contributed by atoms with E-state index in [9.17, 15) is 9.59 Å². The fourth-order valence-corrected chi connectivity index (χ4v) is 3.44. The van der Waals surface area contributed by atoms with E-state index >= 15 is 0 Å². The SMILES string of the molecule is O=C(COC(=O)CCc1ccc(-c2ccccc2)o1)NCCc1c[nH]c2ccccc12. The first-order valence-electron chi connectivity index (χ1n) is 10.3. The number of benzene rings is 2. The average molecular weight is 416 g/mol. The molecule has 4 aromatic rings. The van der Waals surface area contributed by atoms with E-state index in [1.165, 1.54) is 0 Å². The summed E-state index contributed by atoms with van der Waals surface area (Å²) in [5, 5.41) is 3.94. The van der Waals surface area contributed by atoms with Crippen LogP contribution in [0.4, 0.5) is 0 Å². The smallest absolute Gasteiger partial charge is 0.306 e. The van der Waals surface area contributed by atoms with Gasteiger partial charge in [-0.2, -0.15) is 0 Å². The molecule has 158 valence electrons. The first-order chi connectivity index (χ1) is 15.2. The lowest BCUT2D eigenvalue weighted by molar-refractivity contribution is -0.148. The predicted molar refractivity (Wildman–Crippen MR) is 118 cm³/mol. The van der Waals surface area contributed by atoms with E-state index in [4.69, 9.17) is 9.15 Å². The van der Waals surface area contributed by atoms with E-state index < -0.39 is 5.97 Å². The van der Waals surface area contributed by atoms with Crippen LogP contribution in [0.3, 0.4) is 0 Å². The van der Waals surface area contributed by atoms with Crippen LogP contribution >= 0.6 is 0 Å². The number of aromatic nitrogens is 1. The summed E-state index contributed by atoms with van der Waals surface area (Å²) in [5.41, 5.74) is 3.20. The van der Waals surface area contributed by atoms with Gasteiger partial charge in [0.1, 0.15) is 11.5 Å². The summed E-state index contributed by atoms with van der Waals surface area (Å²) in [6.07, 6.45) is 3.23. The molecule has 0 saturated heterocycles. The van der Waals surface area contributed by atoms with Crippen LogP contribution in [-0.4, -0.2) is 30.0 Å². The number of furan rings is 1. The minimum absolute atomic E-state index is 0.157. The average Bonchev–Trinajstić information content (AvgIpc) is 3.44. The van der Waals surface area contributed by atoms with Gasteiger partial charge in [0, 0.05) is 35.6 Å². The highest BCUT2D eigenvalue weighted by molar-refractivity contribution is 5.83. The molecule has 0 radical (unpaired) electrons. The minimum Gasteiger partial charge on any atom is -0.461 e. The van der Waals surface area contributed by atoms with E-state index in [1.807, 2.05) is 72.9 Å². The molecule has 0 saturated carbocycles. The summed E-state index contributed by atoms with van der Waals surface area (Å²) in [5.74, 6) is 0.736. The zero-order valence-corrected chi connectivity index (χ0v) is 17.1. The number of fused-ring (bicyclic) bond motifs is 1. The molecule has 0 aliphatic heterocycles. The molecule has 0 fully saturated rings. The van der Waals surface area contributed by atoms with Gasteiger partial charge in [0.2, 0.25) is 0 Å². The summed E-state index contributed by atoms with van der Waals surface area (Å²) in [6.45, 7) is 0.201. The first-order valence-corrected chi connectivity index (χ1v) is 10.3. The van der Waals surface area contributed by atoms with E-state index in [2.05, 4.69) is 10.3 Å². The second-order valence-electron chi connectivity index (χ2n) is 7.25. The van der Waals surface area contributed by atoms with Crippen LogP contribution in [0.2, 0.25) is 0 Å². The molecule has 0 aliphatic rings. The molecular weight excluding hydrogens is 392 g/mol. The molecule has 4 rings (SSSR count). The van der Waals surface area contributed by atoms with Crippen LogP contribution in [0.25, 0.3) is 22.2 Å². The van der Waals surface area contributed by atoms with Crippen molar-refractivity contribution in [3.8, 4) is 11.3 Å². The number of nitrogens with one attached hydrogen (secondary N) is 2. The normalized spacial score (nSPS) is 10.8. The Morgan fingerprint density at radius 1 is 0.935 bits per heavy atom. The van der Waals surface area contributed by atoms with E-state index in [0.29, 0.717) is 25.1 Å². The number of para-hydroxylation sites is 1. The summed E-state index contributed by atoms with van der Waals surface area (Å²) >= 11 is 0. The topological polar surface area (TPSA) is 84.3 Å². The second-order valence-corrected chi connectivity index (χ2v) is 7.25. The molecule has 31 heavy (non-hydrogen) atoms. The number of amides is 1. The van der Waals surface area contributed by atoms with Gasteiger partial charge >= 0.3 is 5.97 Å². The molecule has 0 bridgehead atoms. The summed E-state index contributed by atoms with van der Waals surface area (Å²) in [6, 6.07) is 21.5. The Morgan fingerprint density at radius 3 is 2.61 bits per heavy atom. The van der Waals surface area contributed by atoms with E-state index in [0.717, 1.165) is 27.8 Å². The number of rotatable bonds is 9. The van der Waals surface area contributed by atoms with Gasteiger partial charge in [0.15, 0.2) is 6.61 Å². The molecule has 0 atom stereocenters. The zero-order chi connectivity index (χ0) is 21.5. The van der Waals surface area contributed by atoms with Crippen LogP contribution in [0.5, 0.6) is 0 Å². The highest BCUT2D eigenvalue weighted by Crippen LogP contribution is 2.22. The maximum Gasteiger partial charge on any atom is 0.306 e. The number of aromatic amines is 1. The summed E-state index contributed by atoms with van der Waals surface area (Å²) < 4.78 is 10.9. The molecule has 2 heterocycles. The Morgan fingerprint density at radius 2 is 1.74 bits per heavy atom. The minimum atomic E-state index is -0.426. The van der Waals surface area contributed by atoms with Gasteiger partial charge in [-0.3, -0.25) is 9.59 Å². The third-order valence-electron chi connectivity index (χ3n) is 5.05. The van der Waals surface area contributed by atoms with Crippen molar-refractivity contribution >= 4 is 22.8 Å². The number of esters is 1. The first kappa shape index (κ1) is 20.5. The highest BCUT2D eigenvalue weighted by Gasteiger charge is 2.11. The lowest BCUT2D eigenvalue weighted by atomic mass is 10.1. The van der Waals surface area contributed by atoms with Crippen LogP contribution in [0.1, 0.15) is 17.7 Å². The van der Waals surface area contributed by atoms with Gasteiger partial charge in [0.05, 0.1) is 6.42 Å². The lowest BCUT2D eigenvalue weighted by Crippen LogP contribution is -2.30. The van der Waals surface area contributed by atoms with Gasteiger partial charge in [0.25, 0.3) is 5.91 Å². The van der Waals surface area contributed by atoms with Gasteiger partial charge in [-0.25, -0.2) is 0 Å². The Hall–Kier alpha value is -3.80. The Kier molecular flexibility index (Phi) is 6.47. The Labute approximate surface area is 180 Å². The molecule has 0 unspecified atom stereocenters. The molecule has 1 amide bonds. The fraction of sp³-hybridized carbons (Fsp3) is 0.200. The number of hydrogen-bond donors (Lipinski definition) is 2. The molecule has 2 N–H and O–H groups in total. The largest absolute Gasteiger partial charge is 0.461 e. The predicted octanol–water partition coefficient (Wildman–Crippen LogP) is 4.26. The number of H-pyrrole nitrogens is 1. The van der Waals surface area contributed by atoms with Crippen LogP contribution in [0.15, 0.2) is 77.3 Å². The quantitative estimate of drug-likeness (QED) is 0.399. The Bertz CT molecular complexity index is 1160. The monoisotopic (exact) mass is 416 g/mol. The summed E-state index contributed by atoms with van der Waals surface area (Å²) in [7, 11) is 0. The number of carbonyl (C=O) groups is 2. The van der Waals surface area contributed by atoms with Crippen molar-refractivity contribution in [1.29, 1.82) is 0 Å². The fourth-order valence-electron chi connectivity index (χ4n) is 3.44. The van der Waals surface area contributed by atoms with Gasteiger partial charge in [-0.1, -0.05) is 48.5 Å². The molecule has 6 nitrogen and oxygen atoms in total. The van der Waals surface area contributed by atoms with Crippen molar-refractivity contribution < 1.29 is 18.7 Å². The maximum absolute atomic E-state index is 12.0. The third-order valence-corrected chi connectivity index (χ3v) is 5.05. The lowest BCUT2D eigenvalue weighted by Gasteiger charge is -2.06. The van der Waals surface area contributed by atoms with Crippen molar-refractivity contribution in [1.82, 2.24) is 10.3 Å². The molecule has 2 aromatic heterocycles. The van der Waals surface area contributed by atoms with Crippen LogP contribution < -0.4 is 5.32 Å². The molecule has 6 heteroatoms. The van der Waals surface area contributed by atoms with Gasteiger partial charge < -0.3 is 19.5 Å². The number of hydrogen-bond acceptors (Lipinski definition) is 4. The van der Waals surface area contributed by atoms with Crippen molar-refractivity contribution in [2.45, 2.75) is 19.3 Å². The van der Waals surface area contributed by atoms with E-state index in [-0.39, 0.29) is 18.9 Å². The van der Waals surface area contributed by atoms with Gasteiger partial charge in [-0.15, -0.1) is 0 Å². The Balaban J connectivity index is 1.15. The highest BCUT2D eigenvalue weighted by atomic mass is 16.5. The third kappa shape index (κ3) is 5.42. The second kappa shape index (κ2) is 9.80. The van der Waals surface area contributed by atoms with Crippen molar-refractivity contribution in [3.05, 3.63) is 84.3 Å². The van der Waals surface area contributed by atoms with Crippen LogP contribution in [-0.2, 0) is 27.2 Å². The van der Waals surface area contributed by atoms with Crippen molar-refractivity contribution in [2.24, 2.45) is 0 Å². The van der Waals surface area contributed by atoms with Crippen molar-refractivity contribution in [3.63, 3.8) is 0 Å². The van der Waals surface area contributed by atoms with E-state index in [1.54, 1.807) is 0 Å². The zero-order valence-electron chi connectivity index (χ0n) is 17.1. The molecule has 0 aliphatic carbocycles. The van der Waals surface area contributed by atoms with Gasteiger partial charge in [-0.05, 0) is 30.2 Å². The maximum atomic E-state index is 12.0. The molecule has 2 aromatic carbocycles. The number of aryl methyl sites for hydroxylation is 1. The number of carbonyl (C=O) groups excluding carboxylic acids is 2. The molecule has 0 spiro atoms. The molecular formula is C25H24N2O4.